The zero-order valence-electron chi connectivity index (χ0n) is 7.58. The Morgan fingerprint density at radius 2 is 2.36 bits per heavy atom. The highest BCUT2D eigenvalue weighted by Gasteiger charge is 2.04. The van der Waals surface area contributed by atoms with E-state index >= 15 is 0 Å². The van der Waals surface area contributed by atoms with Crippen LogP contribution in [0.25, 0.3) is 0 Å². The van der Waals surface area contributed by atoms with E-state index in [1.807, 2.05) is 0 Å². The lowest BCUT2D eigenvalue weighted by molar-refractivity contribution is -0.119. The Labute approximate surface area is 80.3 Å². The van der Waals surface area contributed by atoms with Crippen molar-refractivity contribution in [1.29, 1.82) is 0 Å². The molecule has 0 heterocycles. The molecule has 0 aliphatic carbocycles. The summed E-state index contributed by atoms with van der Waals surface area (Å²) in [7, 11) is 1.39. The number of carbonyl (C=O) groups is 1. The van der Waals surface area contributed by atoms with Gasteiger partial charge in [0.2, 0.25) is 5.91 Å². The highest BCUT2D eigenvalue weighted by atomic mass is 19.1. The summed E-state index contributed by atoms with van der Waals surface area (Å²) in [5.74, 6) is -1.59. The van der Waals surface area contributed by atoms with E-state index in [0.29, 0.717) is 5.69 Å². The SMILES string of the molecule is COCC(=O)Nc1ccc(F)c(O)c1. The van der Waals surface area contributed by atoms with Crippen LogP contribution in [0.1, 0.15) is 0 Å². The van der Waals surface area contributed by atoms with Gasteiger partial charge in [0.1, 0.15) is 6.61 Å². The molecule has 4 nitrogen and oxygen atoms in total. The summed E-state index contributed by atoms with van der Waals surface area (Å²) in [5.41, 5.74) is 0.325. The molecular formula is C9H10FNO3. The van der Waals surface area contributed by atoms with E-state index in [9.17, 15) is 9.18 Å². The van der Waals surface area contributed by atoms with Crippen molar-refractivity contribution in [2.75, 3.05) is 19.0 Å². The fourth-order valence-corrected chi connectivity index (χ4v) is 0.919. The maximum absolute atomic E-state index is 12.6. The van der Waals surface area contributed by atoms with Crippen molar-refractivity contribution in [2.45, 2.75) is 0 Å². The molecule has 0 saturated heterocycles. The standard InChI is InChI=1S/C9H10FNO3/c1-14-5-9(13)11-6-2-3-7(10)8(12)4-6/h2-4,12H,5H2,1H3,(H,11,13). The number of methoxy groups -OCH3 is 1. The van der Waals surface area contributed by atoms with E-state index in [0.717, 1.165) is 12.1 Å². The topological polar surface area (TPSA) is 58.6 Å². The summed E-state index contributed by atoms with van der Waals surface area (Å²) in [6.07, 6.45) is 0. The third kappa shape index (κ3) is 2.70. The summed E-state index contributed by atoms with van der Waals surface area (Å²) >= 11 is 0. The Bertz CT molecular complexity index is 341. The van der Waals surface area contributed by atoms with Crippen molar-refractivity contribution in [2.24, 2.45) is 0 Å². The van der Waals surface area contributed by atoms with E-state index in [4.69, 9.17) is 5.11 Å². The molecule has 1 aromatic rings. The third-order valence-corrected chi connectivity index (χ3v) is 1.51. The number of ether oxygens (including phenoxy) is 1. The molecule has 2 N–H and O–H groups in total. The molecule has 1 amide bonds. The van der Waals surface area contributed by atoms with Gasteiger partial charge in [-0.15, -0.1) is 0 Å². The van der Waals surface area contributed by atoms with E-state index in [2.05, 4.69) is 10.1 Å². The first-order valence-corrected chi connectivity index (χ1v) is 3.91. The lowest BCUT2D eigenvalue weighted by Crippen LogP contribution is -2.16. The monoisotopic (exact) mass is 199 g/mol. The summed E-state index contributed by atoms with van der Waals surface area (Å²) in [5, 5.41) is 11.4. The molecule has 0 radical (unpaired) electrons. The van der Waals surface area contributed by atoms with Crippen LogP contribution in [0.5, 0.6) is 5.75 Å². The van der Waals surface area contributed by atoms with Crippen LogP contribution in [0.3, 0.4) is 0 Å². The van der Waals surface area contributed by atoms with Crippen molar-refractivity contribution in [3.05, 3.63) is 24.0 Å². The molecule has 0 spiro atoms. The van der Waals surface area contributed by atoms with Crippen LogP contribution in [0.2, 0.25) is 0 Å². The maximum atomic E-state index is 12.6. The Morgan fingerprint density at radius 3 is 2.93 bits per heavy atom. The lowest BCUT2D eigenvalue weighted by atomic mass is 10.3. The van der Waals surface area contributed by atoms with Gasteiger partial charge >= 0.3 is 0 Å². The van der Waals surface area contributed by atoms with Gasteiger partial charge in [-0.3, -0.25) is 4.79 Å². The van der Waals surface area contributed by atoms with Crippen molar-refractivity contribution in [1.82, 2.24) is 0 Å². The summed E-state index contributed by atoms with van der Waals surface area (Å²) in [6, 6.07) is 3.54. The normalized spacial score (nSPS) is 9.86. The molecule has 0 bridgehead atoms. The smallest absolute Gasteiger partial charge is 0.250 e. The number of hydrogen-bond donors (Lipinski definition) is 2. The molecule has 14 heavy (non-hydrogen) atoms. The zero-order chi connectivity index (χ0) is 10.6. The Hall–Kier alpha value is -1.62. The van der Waals surface area contributed by atoms with Gasteiger partial charge in [0.25, 0.3) is 0 Å². The molecule has 76 valence electrons. The van der Waals surface area contributed by atoms with Gasteiger partial charge in [-0.2, -0.15) is 0 Å². The number of anilines is 1. The van der Waals surface area contributed by atoms with Gasteiger partial charge in [-0.1, -0.05) is 0 Å². The van der Waals surface area contributed by atoms with E-state index in [1.54, 1.807) is 0 Å². The van der Waals surface area contributed by atoms with E-state index < -0.39 is 11.6 Å². The molecular weight excluding hydrogens is 189 g/mol. The first-order chi connectivity index (χ1) is 6.63. The number of aromatic hydroxyl groups is 1. The number of rotatable bonds is 3. The highest BCUT2D eigenvalue weighted by molar-refractivity contribution is 5.91. The Morgan fingerprint density at radius 1 is 1.64 bits per heavy atom. The summed E-state index contributed by atoms with van der Waals surface area (Å²) < 4.78 is 17.2. The summed E-state index contributed by atoms with van der Waals surface area (Å²) in [6.45, 7) is -0.0852. The van der Waals surface area contributed by atoms with Crippen LogP contribution in [0, 0.1) is 5.82 Å². The fraction of sp³-hybridized carbons (Fsp3) is 0.222. The van der Waals surface area contributed by atoms with Crippen molar-refractivity contribution in [3.8, 4) is 5.75 Å². The predicted octanol–water partition coefficient (Wildman–Crippen LogP) is 1.12. The van der Waals surface area contributed by atoms with Crippen molar-refractivity contribution in [3.63, 3.8) is 0 Å². The number of nitrogens with one attached hydrogen (secondary N) is 1. The van der Waals surface area contributed by atoms with Gasteiger partial charge in [0.05, 0.1) is 0 Å². The van der Waals surface area contributed by atoms with Crippen LogP contribution < -0.4 is 5.32 Å². The summed E-state index contributed by atoms with van der Waals surface area (Å²) in [4.78, 5) is 11.0. The van der Waals surface area contributed by atoms with Crippen LogP contribution >= 0.6 is 0 Å². The third-order valence-electron chi connectivity index (χ3n) is 1.51. The van der Waals surface area contributed by atoms with Gasteiger partial charge in [0, 0.05) is 18.9 Å². The molecule has 0 aliphatic heterocycles. The van der Waals surface area contributed by atoms with Gasteiger partial charge in [-0.05, 0) is 12.1 Å². The second-order valence-electron chi connectivity index (χ2n) is 2.65. The molecule has 0 saturated carbocycles. The molecule has 0 atom stereocenters. The van der Waals surface area contributed by atoms with Crippen molar-refractivity contribution < 1.29 is 19.0 Å². The molecule has 0 aliphatic rings. The number of benzene rings is 1. The first kappa shape index (κ1) is 10.5. The van der Waals surface area contributed by atoms with Gasteiger partial charge in [-0.25, -0.2) is 4.39 Å². The second kappa shape index (κ2) is 4.57. The van der Waals surface area contributed by atoms with Crippen molar-refractivity contribution >= 4 is 11.6 Å². The predicted molar refractivity (Wildman–Crippen MR) is 48.6 cm³/mol. The largest absolute Gasteiger partial charge is 0.505 e. The molecule has 0 aromatic heterocycles. The lowest BCUT2D eigenvalue weighted by Gasteiger charge is -2.04. The number of phenols is 1. The van der Waals surface area contributed by atoms with Gasteiger partial charge < -0.3 is 15.2 Å². The van der Waals surface area contributed by atoms with Crippen LogP contribution in [-0.4, -0.2) is 24.7 Å². The molecule has 5 heteroatoms. The van der Waals surface area contributed by atoms with Crippen LogP contribution in [0.4, 0.5) is 10.1 Å². The fourth-order valence-electron chi connectivity index (χ4n) is 0.919. The molecule has 1 aromatic carbocycles. The minimum Gasteiger partial charge on any atom is -0.505 e. The van der Waals surface area contributed by atoms with E-state index in [-0.39, 0.29) is 12.5 Å². The molecule has 0 fully saturated rings. The Balaban J connectivity index is 2.68. The number of amides is 1. The highest BCUT2D eigenvalue weighted by Crippen LogP contribution is 2.19. The number of halogens is 1. The second-order valence-corrected chi connectivity index (χ2v) is 2.65. The minimum atomic E-state index is -0.727. The maximum Gasteiger partial charge on any atom is 0.250 e. The Kier molecular flexibility index (Phi) is 3.41. The number of carbonyl (C=O) groups excluding carboxylic acids is 1. The zero-order valence-corrected chi connectivity index (χ0v) is 7.58. The van der Waals surface area contributed by atoms with E-state index in [1.165, 1.54) is 13.2 Å². The molecule has 0 unspecified atom stereocenters. The number of phenolic OH excluding ortho intramolecular Hbond substituents is 1. The number of hydrogen-bond acceptors (Lipinski definition) is 3. The van der Waals surface area contributed by atoms with Crippen LogP contribution in [-0.2, 0) is 9.53 Å². The minimum absolute atomic E-state index is 0.0852. The average Bonchev–Trinajstić information content (AvgIpc) is 2.12. The van der Waals surface area contributed by atoms with Gasteiger partial charge in [0.15, 0.2) is 11.6 Å². The average molecular weight is 199 g/mol. The quantitative estimate of drug-likeness (QED) is 0.766. The molecule has 1 rings (SSSR count). The van der Waals surface area contributed by atoms with Crippen LogP contribution in [0.15, 0.2) is 18.2 Å². The first-order valence-electron chi connectivity index (χ1n) is 3.91.